The molecule has 0 radical (unpaired) electrons. The van der Waals surface area contributed by atoms with E-state index < -0.39 is 6.04 Å². The molecule has 0 aliphatic rings. The van der Waals surface area contributed by atoms with Gasteiger partial charge in [-0.25, -0.2) is 4.68 Å². The quantitative estimate of drug-likeness (QED) is 0.868. The molecule has 0 aliphatic heterocycles. The molecule has 0 fully saturated rings. The van der Waals surface area contributed by atoms with Crippen LogP contribution in [0, 0.1) is 0 Å². The predicted octanol–water partition coefficient (Wildman–Crippen LogP) is 2.81. The van der Waals surface area contributed by atoms with Crippen LogP contribution in [0.2, 0.25) is 0 Å². The molecule has 0 aromatic carbocycles. The second-order valence-corrected chi connectivity index (χ2v) is 7.49. The van der Waals surface area contributed by atoms with E-state index in [-0.39, 0.29) is 17.4 Å². The second kappa shape index (κ2) is 6.16. The van der Waals surface area contributed by atoms with Crippen LogP contribution >= 0.6 is 11.3 Å². The molecule has 7 heteroatoms. The minimum Gasteiger partial charge on any atom is -0.336 e. The minimum absolute atomic E-state index is 0.00120. The molecule has 0 aliphatic carbocycles. The van der Waals surface area contributed by atoms with E-state index >= 15 is 0 Å². The average molecular weight is 321 g/mol. The number of rotatable bonds is 4. The lowest BCUT2D eigenvalue weighted by Crippen LogP contribution is -2.36. The maximum Gasteiger partial charge on any atom is 0.247 e. The highest BCUT2D eigenvalue weighted by Gasteiger charge is 2.30. The monoisotopic (exact) mass is 321 g/mol. The van der Waals surface area contributed by atoms with Crippen LogP contribution in [0.25, 0.3) is 0 Å². The molecule has 0 saturated heterocycles. The van der Waals surface area contributed by atoms with E-state index in [1.807, 2.05) is 59.2 Å². The molecule has 0 saturated carbocycles. The van der Waals surface area contributed by atoms with Gasteiger partial charge in [-0.05, 0) is 35.7 Å². The summed E-state index contributed by atoms with van der Waals surface area (Å²) < 4.78 is 1.62. The van der Waals surface area contributed by atoms with Crippen molar-refractivity contribution in [2.75, 3.05) is 7.05 Å². The summed E-state index contributed by atoms with van der Waals surface area (Å²) >= 11 is 1.65. The Hall–Kier alpha value is -1.76. The molecular weight excluding hydrogens is 298 g/mol. The first-order valence-electron chi connectivity index (χ1n) is 7.32. The van der Waals surface area contributed by atoms with Crippen molar-refractivity contribution in [2.24, 2.45) is 0 Å². The second-order valence-electron chi connectivity index (χ2n) is 6.51. The summed E-state index contributed by atoms with van der Waals surface area (Å²) in [7, 11) is 1.82. The van der Waals surface area contributed by atoms with E-state index in [0.29, 0.717) is 5.82 Å². The topological polar surface area (TPSA) is 63.9 Å². The number of amides is 1. The van der Waals surface area contributed by atoms with Gasteiger partial charge in [0.1, 0.15) is 6.04 Å². The van der Waals surface area contributed by atoms with Crippen molar-refractivity contribution in [3.05, 3.63) is 28.2 Å². The van der Waals surface area contributed by atoms with E-state index in [4.69, 9.17) is 0 Å². The van der Waals surface area contributed by atoms with Gasteiger partial charge < -0.3 is 4.90 Å². The van der Waals surface area contributed by atoms with Crippen molar-refractivity contribution < 1.29 is 4.79 Å². The Morgan fingerprint density at radius 2 is 2.05 bits per heavy atom. The summed E-state index contributed by atoms with van der Waals surface area (Å²) in [6, 6.07) is 3.64. The highest BCUT2D eigenvalue weighted by molar-refractivity contribution is 7.10. The zero-order valence-electron chi connectivity index (χ0n) is 13.9. The highest BCUT2D eigenvalue weighted by atomic mass is 32.1. The van der Waals surface area contributed by atoms with Crippen LogP contribution in [0.5, 0.6) is 0 Å². The maximum absolute atomic E-state index is 12.8. The van der Waals surface area contributed by atoms with Gasteiger partial charge in [-0.1, -0.05) is 26.8 Å². The van der Waals surface area contributed by atoms with Crippen molar-refractivity contribution in [3.63, 3.8) is 0 Å². The lowest BCUT2D eigenvalue weighted by atomic mass is 9.95. The van der Waals surface area contributed by atoms with Crippen LogP contribution in [0.4, 0.5) is 0 Å². The third-order valence-corrected chi connectivity index (χ3v) is 4.81. The zero-order chi connectivity index (χ0) is 16.5. The number of carbonyl (C=O) groups excluding carboxylic acids is 1. The third-order valence-electron chi connectivity index (χ3n) is 3.77. The Bertz CT molecular complexity index is 629. The fourth-order valence-corrected chi connectivity index (χ4v) is 3.08. The van der Waals surface area contributed by atoms with Gasteiger partial charge in [0.15, 0.2) is 5.82 Å². The summed E-state index contributed by atoms with van der Waals surface area (Å²) in [6.45, 7) is 9.96. The van der Waals surface area contributed by atoms with Crippen LogP contribution in [0.15, 0.2) is 17.5 Å². The summed E-state index contributed by atoms with van der Waals surface area (Å²) in [5, 5.41) is 13.9. The van der Waals surface area contributed by atoms with Crippen LogP contribution in [-0.4, -0.2) is 38.1 Å². The van der Waals surface area contributed by atoms with Gasteiger partial charge in [0.2, 0.25) is 5.91 Å². The largest absolute Gasteiger partial charge is 0.336 e. The van der Waals surface area contributed by atoms with E-state index in [9.17, 15) is 4.79 Å². The van der Waals surface area contributed by atoms with Crippen molar-refractivity contribution >= 4 is 17.2 Å². The van der Waals surface area contributed by atoms with Gasteiger partial charge in [-0.2, -0.15) is 0 Å². The lowest BCUT2D eigenvalue weighted by molar-refractivity contribution is -0.135. The molecule has 0 bridgehead atoms. The highest BCUT2D eigenvalue weighted by Crippen LogP contribution is 2.27. The maximum atomic E-state index is 12.8. The van der Waals surface area contributed by atoms with Gasteiger partial charge in [0.25, 0.3) is 0 Å². The van der Waals surface area contributed by atoms with Crippen LogP contribution < -0.4 is 0 Å². The number of likely N-dealkylation sites (N-methyl/N-ethyl adjacent to an activating group) is 1. The standard InChI is InChI=1S/C15H23N5OS/c1-10(12-8-7-9-22-12)19(6)13(21)11(2)20-14(15(3,4)5)16-17-18-20/h7-11H,1-6H3/t10-,11-/m1/s1. The van der Waals surface area contributed by atoms with Gasteiger partial charge in [0, 0.05) is 17.3 Å². The van der Waals surface area contributed by atoms with Gasteiger partial charge >= 0.3 is 0 Å². The number of carbonyl (C=O) groups is 1. The van der Waals surface area contributed by atoms with E-state index in [2.05, 4.69) is 15.5 Å². The lowest BCUT2D eigenvalue weighted by Gasteiger charge is -2.28. The molecular formula is C15H23N5OS. The average Bonchev–Trinajstić information content (AvgIpc) is 3.13. The van der Waals surface area contributed by atoms with Crippen LogP contribution in [0.1, 0.15) is 57.4 Å². The third kappa shape index (κ3) is 3.19. The molecule has 2 aromatic rings. The Balaban J connectivity index is 2.21. The van der Waals surface area contributed by atoms with E-state index in [1.54, 1.807) is 20.9 Å². The summed E-state index contributed by atoms with van der Waals surface area (Å²) in [6.07, 6.45) is 0. The van der Waals surface area contributed by atoms with Gasteiger partial charge in [-0.15, -0.1) is 16.4 Å². The molecule has 22 heavy (non-hydrogen) atoms. The van der Waals surface area contributed by atoms with Crippen molar-refractivity contribution in [2.45, 2.75) is 52.1 Å². The molecule has 2 heterocycles. The first kappa shape index (κ1) is 16.6. The normalized spacial score (nSPS) is 14.6. The Labute approximate surface area is 135 Å². The van der Waals surface area contributed by atoms with Crippen LogP contribution in [0.3, 0.4) is 0 Å². The molecule has 120 valence electrons. The molecule has 0 spiro atoms. The number of aromatic nitrogens is 4. The first-order valence-corrected chi connectivity index (χ1v) is 8.20. The molecule has 6 nitrogen and oxygen atoms in total. The Morgan fingerprint density at radius 1 is 1.36 bits per heavy atom. The fraction of sp³-hybridized carbons (Fsp3) is 0.600. The number of hydrogen-bond acceptors (Lipinski definition) is 5. The van der Waals surface area contributed by atoms with Crippen molar-refractivity contribution in [3.8, 4) is 0 Å². The molecule has 2 aromatic heterocycles. The summed E-state index contributed by atoms with van der Waals surface area (Å²) in [5.41, 5.74) is -0.212. The molecule has 0 N–H and O–H groups in total. The predicted molar refractivity (Wildman–Crippen MR) is 86.7 cm³/mol. The van der Waals surface area contributed by atoms with E-state index in [1.165, 1.54) is 0 Å². The number of nitrogens with zero attached hydrogens (tertiary/aromatic N) is 5. The van der Waals surface area contributed by atoms with Gasteiger partial charge in [0.05, 0.1) is 6.04 Å². The molecule has 1 amide bonds. The summed E-state index contributed by atoms with van der Waals surface area (Å²) in [4.78, 5) is 15.7. The molecule has 2 atom stereocenters. The SMILES string of the molecule is C[C@H](c1cccs1)N(C)C(=O)[C@@H](C)n1nnnc1C(C)(C)C. The molecule has 2 rings (SSSR count). The first-order chi connectivity index (χ1) is 10.2. The number of tetrazole rings is 1. The van der Waals surface area contributed by atoms with Crippen molar-refractivity contribution in [1.82, 2.24) is 25.1 Å². The van der Waals surface area contributed by atoms with Gasteiger partial charge in [-0.3, -0.25) is 4.79 Å². The number of hydrogen-bond donors (Lipinski definition) is 0. The Kier molecular flexibility index (Phi) is 4.65. The smallest absolute Gasteiger partial charge is 0.247 e. The zero-order valence-corrected chi connectivity index (χ0v) is 14.8. The minimum atomic E-state index is -0.434. The fourth-order valence-electron chi connectivity index (χ4n) is 2.26. The summed E-state index contributed by atoms with van der Waals surface area (Å²) in [5.74, 6) is 0.712. The van der Waals surface area contributed by atoms with Crippen LogP contribution in [-0.2, 0) is 10.2 Å². The van der Waals surface area contributed by atoms with E-state index in [0.717, 1.165) is 4.88 Å². The van der Waals surface area contributed by atoms with Crippen molar-refractivity contribution in [1.29, 1.82) is 0 Å². The molecule has 0 unspecified atom stereocenters. The number of thiophene rings is 1. The Morgan fingerprint density at radius 3 is 2.59 bits per heavy atom.